The van der Waals surface area contributed by atoms with Crippen molar-refractivity contribution in [3.8, 4) is 0 Å². The molecule has 0 aromatic heterocycles. The van der Waals surface area contributed by atoms with E-state index in [9.17, 15) is 0 Å². The fraction of sp³-hybridized carbons (Fsp3) is 1.00. The fourth-order valence-electron chi connectivity index (χ4n) is 1.76. The second-order valence-corrected chi connectivity index (χ2v) is 6.79. The Bertz CT molecular complexity index is 152. The Morgan fingerprint density at radius 2 is 1.44 bits per heavy atom. The summed E-state index contributed by atoms with van der Waals surface area (Å²) < 4.78 is 17.5. The maximum atomic E-state index is 5.82. The van der Waals surface area contributed by atoms with E-state index in [4.69, 9.17) is 19.0 Å². The molecule has 0 aliphatic rings. The molecule has 1 atom stereocenters. The monoisotopic (exact) mass is 249 g/mol. The molecule has 0 heterocycles. The zero-order valence-corrected chi connectivity index (χ0v) is 12.1. The van der Waals surface area contributed by atoms with Crippen LogP contribution in [0.4, 0.5) is 0 Å². The summed E-state index contributed by atoms with van der Waals surface area (Å²) in [5.74, 6) is 0. The van der Waals surface area contributed by atoms with E-state index in [0.29, 0.717) is 31.9 Å². The highest BCUT2D eigenvalue weighted by atomic mass is 28.4. The van der Waals surface area contributed by atoms with Crippen LogP contribution in [0.5, 0.6) is 0 Å². The van der Waals surface area contributed by atoms with Crippen molar-refractivity contribution in [3.63, 3.8) is 0 Å². The molecule has 1 unspecified atom stereocenters. The van der Waals surface area contributed by atoms with E-state index in [1.165, 1.54) is 0 Å². The summed E-state index contributed by atoms with van der Waals surface area (Å²) in [6, 6.07) is 0. The Kier molecular flexibility index (Phi) is 9.16. The first-order valence-electron chi connectivity index (χ1n) is 6.28. The van der Waals surface area contributed by atoms with Crippen molar-refractivity contribution < 1.29 is 13.3 Å². The van der Waals surface area contributed by atoms with Gasteiger partial charge in [0.2, 0.25) is 0 Å². The number of rotatable bonds is 10. The molecule has 0 rings (SSSR count). The summed E-state index contributed by atoms with van der Waals surface area (Å²) in [6.45, 7) is 10.7. The Morgan fingerprint density at radius 3 is 1.75 bits per heavy atom. The van der Waals surface area contributed by atoms with Crippen molar-refractivity contribution in [1.29, 1.82) is 0 Å². The van der Waals surface area contributed by atoms with E-state index in [1.54, 1.807) is 0 Å². The van der Waals surface area contributed by atoms with E-state index >= 15 is 0 Å². The average Bonchev–Trinajstić information content (AvgIpc) is 2.26. The van der Waals surface area contributed by atoms with Crippen molar-refractivity contribution in [1.82, 2.24) is 0 Å². The molecule has 0 saturated heterocycles. The highest BCUT2D eigenvalue weighted by Crippen LogP contribution is 2.29. The van der Waals surface area contributed by atoms with E-state index in [1.807, 2.05) is 20.8 Å². The lowest BCUT2D eigenvalue weighted by Gasteiger charge is -2.33. The molecule has 0 aromatic rings. The highest BCUT2D eigenvalue weighted by Gasteiger charge is 2.46. The predicted octanol–water partition coefficient (Wildman–Crippen LogP) is 2.16. The number of nitrogens with two attached hydrogens (primary N) is 1. The molecule has 0 radical (unpaired) electrons. The van der Waals surface area contributed by atoms with Gasteiger partial charge in [0.15, 0.2) is 0 Å². The van der Waals surface area contributed by atoms with Gasteiger partial charge in [0, 0.05) is 25.4 Å². The fourth-order valence-corrected chi connectivity index (χ4v) is 4.62. The van der Waals surface area contributed by atoms with Gasteiger partial charge in [0.25, 0.3) is 0 Å². The molecule has 5 heteroatoms. The van der Waals surface area contributed by atoms with E-state index in [-0.39, 0.29) is 0 Å². The van der Waals surface area contributed by atoms with Gasteiger partial charge < -0.3 is 19.0 Å². The van der Waals surface area contributed by atoms with E-state index in [0.717, 1.165) is 12.8 Å². The van der Waals surface area contributed by atoms with Crippen LogP contribution in [0.2, 0.25) is 5.54 Å². The zero-order chi connectivity index (χ0) is 12.4. The van der Waals surface area contributed by atoms with Crippen LogP contribution in [-0.4, -0.2) is 35.2 Å². The second-order valence-electron chi connectivity index (χ2n) is 3.73. The molecule has 2 N–H and O–H groups in total. The summed E-state index contributed by atoms with van der Waals surface area (Å²) in [5, 5.41) is 0. The van der Waals surface area contributed by atoms with Crippen molar-refractivity contribution in [2.24, 2.45) is 5.73 Å². The Morgan fingerprint density at radius 1 is 1.00 bits per heavy atom. The second kappa shape index (κ2) is 9.12. The van der Waals surface area contributed by atoms with Crippen molar-refractivity contribution in [3.05, 3.63) is 0 Å². The molecular formula is C11H27NO3Si. The summed E-state index contributed by atoms with van der Waals surface area (Å²) in [5.41, 5.74) is 5.85. The smallest absolute Gasteiger partial charge is 0.374 e. The van der Waals surface area contributed by atoms with Gasteiger partial charge in [-0.05, 0) is 40.2 Å². The number of hydrogen-bond donors (Lipinski definition) is 1. The van der Waals surface area contributed by atoms with Gasteiger partial charge in [-0.15, -0.1) is 0 Å². The summed E-state index contributed by atoms with van der Waals surface area (Å²) in [6.07, 6.45) is 1.99. The summed E-state index contributed by atoms with van der Waals surface area (Å²) >= 11 is 0. The predicted molar refractivity (Wildman–Crippen MR) is 68.3 cm³/mol. The van der Waals surface area contributed by atoms with Crippen LogP contribution in [0.1, 0.15) is 40.5 Å². The van der Waals surface area contributed by atoms with E-state index in [2.05, 4.69) is 6.92 Å². The molecule has 0 aromatic carbocycles. The molecule has 98 valence electrons. The van der Waals surface area contributed by atoms with Crippen molar-refractivity contribution >= 4 is 8.80 Å². The van der Waals surface area contributed by atoms with Crippen LogP contribution in [0.25, 0.3) is 0 Å². The van der Waals surface area contributed by atoms with Crippen LogP contribution in [-0.2, 0) is 13.3 Å². The maximum absolute atomic E-state index is 5.82. The summed E-state index contributed by atoms with van der Waals surface area (Å²) in [7, 11) is -2.49. The minimum atomic E-state index is -2.49. The molecule has 0 saturated carbocycles. The van der Waals surface area contributed by atoms with Crippen LogP contribution >= 0.6 is 0 Å². The van der Waals surface area contributed by atoms with Crippen molar-refractivity contribution in [2.45, 2.75) is 46.1 Å². The minimum absolute atomic E-state index is 0.316. The third-order valence-electron chi connectivity index (χ3n) is 2.48. The van der Waals surface area contributed by atoms with Gasteiger partial charge in [-0.25, -0.2) is 0 Å². The highest BCUT2D eigenvalue weighted by molar-refractivity contribution is 6.62. The average molecular weight is 249 g/mol. The molecule has 0 amide bonds. The third-order valence-corrected chi connectivity index (χ3v) is 6.05. The maximum Gasteiger partial charge on any atom is 0.503 e. The lowest BCUT2D eigenvalue weighted by Crippen LogP contribution is -2.49. The largest absolute Gasteiger partial charge is 0.503 e. The number of hydrogen-bond acceptors (Lipinski definition) is 4. The first-order chi connectivity index (χ1) is 7.66. The van der Waals surface area contributed by atoms with Gasteiger partial charge in [-0.1, -0.05) is 6.92 Å². The normalized spacial score (nSPS) is 14.1. The molecule has 16 heavy (non-hydrogen) atoms. The van der Waals surface area contributed by atoms with Crippen molar-refractivity contribution in [2.75, 3.05) is 26.4 Å². The standard InChI is InChI=1S/C11H27NO3Si/c1-5-13-16(14-6-2,15-7-3)11(4)9-8-10-12/h11H,5-10,12H2,1-4H3. The molecule has 0 spiro atoms. The lowest BCUT2D eigenvalue weighted by atomic mass is 10.2. The van der Waals surface area contributed by atoms with Gasteiger partial charge in [-0.3, -0.25) is 0 Å². The Balaban J connectivity index is 4.54. The molecule has 0 bridgehead atoms. The topological polar surface area (TPSA) is 53.7 Å². The Labute approximate surface area is 101 Å². The minimum Gasteiger partial charge on any atom is -0.374 e. The van der Waals surface area contributed by atoms with Gasteiger partial charge in [0.1, 0.15) is 0 Å². The first kappa shape index (κ1) is 16.1. The van der Waals surface area contributed by atoms with E-state index < -0.39 is 8.80 Å². The van der Waals surface area contributed by atoms with Crippen LogP contribution in [0.15, 0.2) is 0 Å². The first-order valence-corrected chi connectivity index (χ1v) is 8.08. The lowest BCUT2D eigenvalue weighted by molar-refractivity contribution is 0.0614. The molecule has 0 fully saturated rings. The summed E-state index contributed by atoms with van der Waals surface area (Å²) in [4.78, 5) is 0. The van der Waals surface area contributed by atoms with Gasteiger partial charge in [0.05, 0.1) is 0 Å². The third kappa shape index (κ3) is 4.93. The van der Waals surface area contributed by atoms with Gasteiger partial charge >= 0.3 is 8.80 Å². The zero-order valence-electron chi connectivity index (χ0n) is 11.1. The van der Waals surface area contributed by atoms with Crippen LogP contribution in [0, 0.1) is 0 Å². The molecule has 0 aliphatic carbocycles. The quantitative estimate of drug-likeness (QED) is 0.603. The SMILES string of the molecule is CCO[Si](OCC)(OCC)C(C)CCCN. The Hall–Kier alpha value is 0.0569. The van der Waals surface area contributed by atoms with Gasteiger partial charge in [-0.2, -0.15) is 0 Å². The molecule has 4 nitrogen and oxygen atoms in total. The van der Waals surface area contributed by atoms with Crippen LogP contribution < -0.4 is 5.73 Å². The van der Waals surface area contributed by atoms with Crippen LogP contribution in [0.3, 0.4) is 0 Å². The molecular weight excluding hydrogens is 222 g/mol. The molecule has 0 aliphatic heterocycles.